The fourth-order valence-electron chi connectivity index (χ4n) is 2.79. The number of carbonyl (C=O) groups is 2. The zero-order valence-electron chi connectivity index (χ0n) is 13.8. The van der Waals surface area contributed by atoms with Crippen LogP contribution in [0.4, 0.5) is 11.4 Å². The van der Waals surface area contributed by atoms with Crippen LogP contribution in [0.2, 0.25) is 0 Å². The van der Waals surface area contributed by atoms with Crippen LogP contribution in [0.1, 0.15) is 24.2 Å². The summed E-state index contributed by atoms with van der Waals surface area (Å²) in [6.45, 7) is 4.50. The smallest absolute Gasteiger partial charge is 0.262 e. The van der Waals surface area contributed by atoms with Crippen LogP contribution in [-0.2, 0) is 4.79 Å². The molecule has 2 aromatic carbocycles. The van der Waals surface area contributed by atoms with Gasteiger partial charge in [-0.15, -0.1) is 0 Å². The topological polar surface area (TPSA) is 58.6 Å². The molecule has 1 N–H and O–H groups in total. The number of rotatable bonds is 3. The molecular formula is C19H20N2O3. The van der Waals surface area contributed by atoms with Crippen LogP contribution in [0.5, 0.6) is 5.75 Å². The van der Waals surface area contributed by atoms with Gasteiger partial charge >= 0.3 is 0 Å². The number of carbonyl (C=O) groups excluding carboxylic acids is 2. The highest BCUT2D eigenvalue weighted by molar-refractivity contribution is 6.12. The van der Waals surface area contributed by atoms with Crippen molar-refractivity contribution in [3.8, 4) is 5.75 Å². The first kappa shape index (κ1) is 16.1. The van der Waals surface area contributed by atoms with Gasteiger partial charge in [-0.1, -0.05) is 31.2 Å². The molecule has 2 amide bonds. The van der Waals surface area contributed by atoms with Gasteiger partial charge in [0, 0.05) is 6.54 Å². The zero-order chi connectivity index (χ0) is 17.1. The number of benzene rings is 2. The molecule has 1 heterocycles. The summed E-state index contributed by atoms with van der Waals surface area (Å²) in [6.07, 6.45) is 0. The molecule has 1 unspecified atom stereocenters. The summed E-state index contributed by atoms with van der Waals surface area (Å²) in [4.78, 5) is 27.0. The van der Waals surface area contributed by atoms with Crippen molar-refractivity contribution in [2.75, 3.05) is 23.4 Å². The number of amides is 2. The van der Waals surface area contributed by atoms with Crippen LogP contribution in [0, 0.1) is 5.92 Å². The van der Waals surface area contributed by atoms with Gasteiger partial charge in [-0.25, -0.2) is 0 Å². The minimum atomic E-state index is -0.305. The first-order valence-electron chi connectivity index (χ1n) is 8.05. The molecular weight excluding hydrogens is 304 g/mol. The molecule has 0 saturated carbocycles. The number of hydrogen-bond acceptors (Lipinski definition) is 3. The quantitative estimate of drug-likeness (QED) is 0.942. The number of nitrogens with zero attached hydrogens (tertiary/aromatic N) is 1. The second-order valence-corrected chi connectivity index (χ2v) is 5.75. The van der Waals surface area contributed by atoms with Crippen molar-refractivity contribution in [3.63, 3.8) is 0 Å². The molecule has 1 aliphatic heterocycles. The Hall–Kier alpha value is -2.82. The number of hydrogen-bond donors (Lipinski definition) is 1. The number of ether oxygens (including phenoxy) is 1. The van der Waals surface area contributed by atoms with E-state index in [0.717, 1.165) is 0 Å². The monoisotopic (exact) mass is 324 g/mol. The van der Waals surface area contributed by atoms with Crippen molar-refractivity contribution in [3.05, 3.63) is 54.1 Å². The second-order valence-electron chi connectivity index (χ2n) is 5.75. The van der Waals surface area contributed by atoms with E-state index in [1.807, 2.05) is 44.2 Å². The molecule has 3 rings (SSSR count). The van der Waals surface area contributed by atoms with Gasteiger partial charge in [-0.3, -0.25) is 9.59 Å². The van der Waals surface area contributed by atoms with E-state index in [1.54, 1.807) is 23.1 Å². The maximum absolute atomic E-state index is 13.2. The molecule has 5 nitrogen and oxygen atoms in total. The summed E-state index contributed by atoms with van der Waals surface area (Å²) < 4.78 is 5.59. The Balaban J connectivity index is 2.04. The number of fused-ring (bicyclic) bond motifs is 1. The van der Waals surface area contributed by atoms with E-state index in [0.29, 0.717) is 35.8 Å². The molecule has 1 aliphatic rings. The summed E-state index contributed by atoms with van der Waals surface area (Å²) in [5, 5.41) is 2.88. The molecule has 5 heteroatoms. The van der Waals surface area contributed by atoms with Crippen molar-refractivity contribution >= 4 is 23.2 Å². The summed E-state index contributed by atoms with van der Waals surface area (Å²) in [5.74, 6) is -0.00929. The zero-order valence-corrected chi connectivity index (χ0v) is 13.8. The maximum Gasteiger partial charge on any atom is 0.262 e. The number of para-hydroxylation sites is 3. The average Bonchev–Trinajstić information content (AvgIpc) is 2.72. The Morgan fingerprint density at radius 3 is 2.71 bits per heavy atom. The van der Waals surface area contributed by atoms with Gasteiger partial charge in [0.25, 0.3) is 5.91 Å². The van der Waals surface area contributed by atoms with Crippen LogP contribution in [0.15, 0.2) is 48.5 Å². The molecule has 1 atom stereocenters. The third-order valence-electron chi connectivity index (χ3n) is 4.02. The lowest BCUT2D eigenvalue weighted by atomic mass is 10.1. The third-order valence-corrected chi connectivity index (χ3v) is 4.02. The first-order chi connectivity index (χ1) is 11.6. The second kappa shape index (κ2) is 6.74. The van der Waals surface area contributed by atoms with Crippen LogP contribution >= 0.6 is 0 Å². The SMILES string of the molecule is CCOc1ccccc1C(=O)N1CC(C)C(=O)Nc2ccccc21. The molecule has 2 aromatic rings. The van der Waals surface area contributed by atoms with Gasteiger partial charge in [0.2, 0.25) is 5.91 Å². The van der Waals surface area contributed by atoms with Crippen molar-refractivity contribution < 1.29 is 14.3 Å². The first-order valence-corrected chi connectivity index (χ1v) is 8.05. The summed E-state index contributed by atoms with van der Waals surface area (Å²) in [5.41, 5.74) is 1.84. The lowest BCUT2D eigenvalue weighted by Gasteiger charge is -2.24. The van der Waals surface area contributed by atoms with E-state index in [-0.39, 0.29) is 17.7 Å². The Kier molecular flexibility index (Phi) is 4.51. The van der Waals surface area contributed by atoms with Gasteiger partial charge < -0.3 is 15.0 Å². The third kappa shape index (κ3) is 2.97. The molecule has 24 heavy (non-hydrogen) atoms. The predicted octanol–water partition coefficient (Wildman–Crippen LogP) is 3.32. The van der Waals surface area contributed by atoms with Crippen molar-refractivity contribution in [2.45, 2.75) is 13.8 Å². The van der Waals surface area contributed by atoms with Gasteiger partial charge in [-0.05, 0) is 31.2 Å². The fraction of sp³-hybridized carbons (Fsp3) is 0.263. The molecule has 0 aliphatic carbocycles. The van der Waals surface area contributed by atoms with E-state index < -0.39 is 0 Å². The molecule has 0 saturated heterocycles. The van der Waals surface area contributed by atoms with E-state index in [2.05, 4.69) is 5.32 Å². The lowest BCUT2D eigenvalue weighted by molar-refractivity contribution is -0.119. The van der Waals surface area contributed by atoms with Gasteiger partial charge in [-0.2, -0.15) is 0 Å². The average molecular weight is 324 g/mol. The number of nitrogens with one attached hydrogen (secondary N) is 1. The van der Waals surface area contributed by atoms with Crippen molar-refractivity contribution in [2.24, 2.45) is 5.92 Å². The molecule has 0 radical (unpaired) electrons. The summed E-state index contributed by atoms with van der Waals surface area (Å²) >= 11 is 0. The Bertz CT molecular complexity index is 773. The van der Waals surface area contributed by atoms with E-state index in [1.165, 1.54) is 0 Å². The highest BCUT2D eigenvalue weighted by Gasteiger charge is 2.30. The molecule has 0 aromatic heterocycles. The minimum absolute atomic E-state index is 0.0872. The molecule has 0 spiro atoms. The van der Waals surface area contributed by atoms with E-state index >= 15 is 0 Å². The Labute approximate surface area is 141 Å². The molecule has 124 valence electrons. The van der Waals surface area contributed by atoms with Crippen LogP contribution in [0.3, 0.4) is 0 Å². The highest BCUT2D eigenvalue weighted by Crippen LogP contribution is 2.32. The number of anilines is 2. The molecule has 0 fully saturated rings. The minimum Gasteiger partial charge on any atom is -0.493 e. The summed E-state index contributed by atoms with van der Waals surface area (Å²) in [7, 11) is 0. The summed E-state index contributed by atoms with van der Waals surface area (Å²) in [6, 6.07) is 14.5. The predicted molar refractivity (Wildman–Crippen MR) is 93.5 cm³/mol. The van der Waals surface area contributed by atoms with E-state index in [4.69, 9.17) is 4.74 Å². The highest BCUT2D eigenvalue weighted by atomic mass is 16.5. The van der Waals surface area contributed by atoms with E-state index in [9.17, 15) is 9.59 Å². The van der Waals surface area contributed by atoms with Crippen molar-refractivity contribution in [1.29, 1.82) is 0 Å². The Morgan fingerprint density at radius 1 is 1.21 bits per heavy atom. The lowest BCUT2D eigenvalue weighted by Crippen LogP contribution is -2.36. The van der Waals surface area contributed by atoms with Crippen LogP contribution < -0.4 is 15.0 Å². The van der Waals surface area contributed by atoms with Gasteiger partial charge in [0.15, 0.2) is 0 Å². The fourth-order valence-corrected chi connectivity index (χ4v) is 2.79. The van der Waals surface area contributed by atoms with Gasteiger partial charge in [0.05, 0.1) is 29.5 Å². The maximum atomic E-state index is 13.2. The Morgan fingerprint density at radius 2 is 1.92 bits per heavy atom. The van der Waals surface area contributed by atoms with Crippen LogP contribution in [0.25, 0.3) is 0 Å². The standard InChI is InChI=1S/C19H20N2O3/c1-3-24-17-11-7-4-8-14(17)19(23)21-12-13(2)18(22)20-15-9-5-6-10-16(15)21/h4-11,13H,3,12H2,1-2H3,(H,20,22). The largest absolute Gasteiger partial charge is 0.493 e. The van der Waals surface area contributed by atoms with Crippen LogP contribution in [-0.4, -0.2) is 25.0 Å². The van der Waals surface area contributed by atoms with Gasteiger partial charge in [0.1, 0.15) is 5.75 Å². The molecule has 0 bridgehead atoms. The van der Waals surface area contributed by atoms with Crippen molar-refractivity contribution in [1.82, 2.24) is 0 Å². The normalized spacial score (nSPS) is 16.8.